The minimum Gasteiger partial charge on any atom is -0.431 e. The third-order valence-electron chi connectivity index (χ3n) is 4.14. The van der Waals surface area contributed by atoms with Crippen LogP contribution in [0, 0.1) is 11.8 Å². The molecule has 0 rings (SSSR count). The van der Waals surface area contributed by atoms with Gasteiger partial charge in [0.1, 0.15) is 0 Å². The Hall–Kier alpha value is -1.46. The van der Waals surface area contributed by atoms with Gasteiger partial charge < -0.3 is 9.47 Å². The Morgan fingerprint density at radius 1 is 0.708 bits per heavy atom. The van der Waals surface area contributed by atoms with E-state index in [0.717, 1.165) is 51.4 Å². The lowest BCUT2D eigenvalue weighted by Gasteiger charge is -2.14. The predicted molar refractivity (Wildman–Crippen MR) is 91.5 cm³/mol. The zero-order valence-electron chi connectivity index (χ0n) is 15.7. The fraction of sp³-hybridized carbons (Fsp3) is 0.889. The smallest absolute Gasteiger partial charge is 0.431 e. The molecule has 0 saturated heterocycles. The van der Waals surface area contributed by atoms with Crippen LogP contribution >= 0.6 is 0 Å². The molecule has 2 atom stereocenters. The fourth-order valence-corrected chi connectivity index (χ4v) is 2.28. The van der Waals surface area contributed by atoms with Crippen molar-refractivity contribution in [3.63, 3.8) is 0 Å². The van der Waals surface area contributed by atoms with Crippen molar-refractivity contribution in [1.29, 1.82) is 0 Å². The molecule has 0 radical (unpaired) electrons. The average molecular weight is 346 g/mol. The van der Waals surface area contributed by atoms with Crippen LogP contribution in [-0.2, 0) is 19.2 Å². The first-order chi connectivity index (χ1) is 11.6. The number of hydrogen-bond acceptors (Lipinski definition) is 6. The molecule has 0 N–H and O–H groups in total. The molecular weight excluding hydrogens is 312 g/mol. The first-order valence-electron chi connectivity index (χ1n) is 9.25. The number of ether oxygens (including phenoxy) is 2. The van der Waals surface area contributed by atoms with Crippen LogP contribution in [0.1, 0.15) is 79.1 Å². The summed E-state index contributed by atoms with van der Waals surface area (Å²) < 4.78 is 9.90. The SMILES string of the molecule is CCCC[C@@H](CC)COC(=O)OOC(=O)OC[C@@H](CC)CCCC. The van der Waals surface area contributed by atoms with E-state index in [1.807, 2.05) is 13.8 Å². The summed E-state index contributed by atoms with van der Waals surface area (Å²) in [5.74, 6) is 0.599. The van der Waals surface area contributed by atoms with Gasteiger partial charge in [-0.15, -0.1) is 0 Å². The van der Waals surface area contributed by atoms with Crippen molar-refractivity contribution in [2.45, 2.75) is 79.1 Å². The molecule has 0 aliphatic heterocycles. The highest BCUT2D eigenvalue weighted by atomic mass is 17.3. The molecule has 0 aromatic heterocycles. The number of carbonyl (C=O) groups is 2. The highest BCUT2D eigenvalue weighted by Crippen LogP contribution is 2.14. The predicted octanol–water partition coefficient (Wildman–Crippen LogP) is 5.64. The van der Waals surface area contributed by atoms with Gasteiger partial charge in [-0.1, -0.05) is 66.2 Å². The summed E-state index contributed by atoms with van der Waals surface area (Å²) in [4.78, 5) is 31.4. The Bertz CT molecular complexity index is 299. The van der Waals surface area contributed by atoms with Crippen molar-refractivity contribution in [2.75, 3.05) is 13.2 Å². The normalized spacial score (nSPS) is 13.0. The number of rotatable bonds is 12. The Morgan fingerprint density at radius 3 is 1.38 bits per heavy atom. The van der Waals surface area contributed by atoms with Crippen LogP contribution in [0.4, 0.5) is 9.59 Å². The van der Waals surface area contributed by atoms with Crippen molar-refractivity contribution >= 4 is 12.3 Å². The quantitative estimate of drug-likeness (QED) is 0.259. The van der Waals surface area contributed by atoms with Crippen molar-refractivity contribution < 1.29 is 28.8 Å². The molecule has 0 aromatic carbocycles. The number of carbonyl (C=O) groups excluding carboxylic acids is 2. The first kappa shape index (κ1) is 22.5. The maximum Gasteiger partial charge on any atom is 0.550 e. The van der Waals surface area contributed by atoms with Crippen molar-refractivity contribution in [3.8, 4) is 0 Å². The fourth-order valence-electron chi connectivity index (χ4n) is 2.28. The first-order valence-corrected chi connectivity index (χ1v) is 9.25. The van der Waals surface area contributed by atoms with Crippen molar-refractivity contribution in [3.05, 3.63) is 0 Å². The van der Waals surface area contributed by atoms with Gasteiger partial charge in [-0.2, -0.15) is 19.4 Å². The molecular formula is C18H34O6. The molecule has 0 bridgehead atoms. The summed E-state index contributed by atoms with van der Waals surface area (Å²) in [5.41, 5.74) is 0. The van der Waals surface area contributed by atoms with E-state index in [-0.39, 0.29) is 13.2 Å². The molecule has 0 saturated carbocycles. The minimum absolute atomic E-state index is 0.267. The zero-order chi connectivity index (χ0) is 18.2. The molecule has 0 aliphatic rings. The van der Waals surface area contributed by atoms with Gasteiger partial charge in [-0.25, -0.2) is 0 Å². The Balaban J connectivity index is 3.86. The van der Waals surface area contributed by atoms with Crippen LogP contribution in [-0.4, -0.2) is 25.5 Å². The third-order valence-corrected chi connectivity index (χ3v) is 4.14. The summed E-state index contributed by atoms with van der Waals surface area (Å²) in [6.45, 7) is 8.86. The molecule has 0 heterocycles. The number of hydrogen-bond donors (Lipinski definition) is 0. The summed E-state index contributed by atoms with van der Waals surface area (Å²) in [6.07, 6.45) is 6.21. The molecule has 6 nitrogen and oxygen atoms in total. The standard InChI is InChI=1S/C18H34O6/c1-5-9-11-15(7-3)13-21-17(19)23-24-18(20)22-14-16(8-4)12-10-6-2/h15-16H,5-14H2,1-4H3/t15-,16+. The highest BCUT2D eigenvalue weighted by Gasteiger charge is 2.16. The molecule has 0 amide bonds. The molecule has 0 spiro atoms. The second kappa shape index (κ2) is 15.1. The topological polar surface area (TPSA) is 71.1 Å². The second-order valence-corrected chi connectivity index (χ2v) is 6.12. The van der Waals surface area contributed by atoms with Gasteiger partial charge in [0, 0.05) is 0 Å². The lowest BCUT2D eigenvalue weighted by atomic mass is 10.0. The van der Waals surface area contributed by atoms with E-state index < -0.39 is 12.3 Å². The van der Waals surface area contributed by atoms with Crippen LogP contribution < -0.4 is 0 Å². The van der Waals surface area contributed by atoms with Gasteiger partial charge in [0.2, 0.25) is 0 Å². The van der Waals surface area contributed by atoms with E-state index >= 15 is 0 Å². The van der Waals surface area contributed by atoms with Gasteiger partial charge in [-0.3, -0.25) is 0 Å². The maximum absolute atomic E-state index is 11.4. The minimum atomic E-state index is -1.01. The monoisotopic (exact) mass is 346 g/mol. The second-order valence-electron chi connectivity index (χ2n) is 6.12. The van der Waals surface area contributed by atoms with E-state index in [1.54, 1.807) is 0 Å². The molecule has 24 heavy (non-hydrogen) atoms. The van der Waals surface area contributed by atoms with E-state index in [0.29, 0.717) is 11.8 Å². The highest BCUT2D eigenvalue weighted by molar-refractivity contribution is 5.63. The van der Waals surface area contributed by atoms with Crippen molar-refractivity contribution in [2.24, 2.45) is 11.8 Å². The molecule has 6 heteroatoms. The van der Waals surface area contributed by atoms with Crippen LogP contribution in [0.3, 0.4) is 0 Å². The Kier molecular flexibility index (Phi) is 14.2. The summed E-state index contributed by atoms with van der Waals surface area (Å²) in [6, 6.07) is 0. The van der Waals surface area contributed by atoms with Crippen LogP contribution in [0.25, 0.3) is 0 Å². The molecule has 142 valence electrons. The molecule has 0 fully saturated rings. The van der Waals surface area contributed by atoms with Gasteiger partial charge >= 0.3 is 12.3 Å². The lowest BCUT2D eigenvalue weighted by molar-refractivity contribution is -0.219. The van der Waals surface area contributed by atoms with Crippen LogP contribution in [0.5, 0.6) is 0 Å². The van der Waals surface area contributed by atoms with Gasteiger partial charge in [0.25, 0.3) is 0 Å². The van der Waals surface area contributed by atoms with Crippen molar-refractivity contribution in [1.82, 2.24) is 0 Å². The Morgan fingerprint density at radius 2 is 1.08 bits per heavy atom. The number of unbranched alkanes of at least 4 members (excludes halogenated alkanes) is 2. The average Bonchev–Trinajstić information content (AvgIpc) is 2.60. The summed E-state index contributed by atoms with van der Waals surface area (Å²) in [7, 11) is 0. The zero-order valence-corrected chi connectivity index (χ0v) is 15.7. The van der Waals surface area contributed by atoms with Crippen LogP contribution in [0.2, 0.25) is 0 Å². The Labute approximate surface area is 146 Å². The van der Waals surface area contributed by atoms with E-state index in [1.165, 1.54) is 0 Å². The van der Waals surface area contributed by atoms with Crippen LogP contribution in [0.15, 0.2) is 0 Å². The van der Waals surface area contributed by atoms with E-state index in [4.69, 9.17) is 9.47 Å². The van der Waals surface area contributed by atoms with Gasteiger partial charge in [-0.05, 0) is 24.7 Å². The maximum atomic E-state index is 11.4. The lowest BCUT2D eigenvalue weighted by Crippen LogP contribution is -2.19. The molecule has 0 unspecified atom stereocenters. The summed E-state index contributed by atoms with van der Waals surface area (Å²) >= 11 is 0. The third kappa shape index (κ3) is 12.0. The van der Waals surface area contributed by atoms with E-state index in [2.05, 4.69) is 23.6 Å². The largest absolute Gasteiger partial charge is 0.550 e. The molecule has 0 aliphatic carbocycles. The summed E-state index contributed by atoms with van der Waals surface area (Å²) in [5, 5.41) is 0. The molecule has 0 aromatic rings. The van der Waals surface area contributed by atoms with Gasteiger partial charge in [0.15, 0.2) is 0 Å². The van der Waals surface area contributed by atoms with Gasteiger partial charge in [0.05, 0.1) is 13.2 Å². The van der Waals surface area contributed by atoms with E-state index in [9.17, 15) is 9.59 Å².